The zero-order chi connectivity index (χ0) is 13.3. The van der Waals surface area contributed by atoms with E-state index >= 15 is 0 Å². The number of nitro groups is 1. The molecule has 1 aromatic rings. The smallest absolute Gasteiger partial charge is 0.335 e. The second-order valence-electron chi connectivity index (χ2n) is 4.26. The summed E-state index contributed by atoms with van der Waals surface area (Å²) in [5.41, 5.74) is 5.91. The summed E-state index contributed by atoms with van der Waals surface area (Å²) < 4.78 is 0. The number of rotatable bonds is 3. The molecule has 1 saturated heterocycles. The summed E-state index contributed by atoms with van der Waals surface area (Å²) in [6.45, 7) is 1.20. The van der Waals surface area contributed by atoms with Crippen molar-refractivity contribution in [3.63, 3.8) is 0 Å². The summed E-state index contributed by atoms with van der Waals surface area (Å²) in [5, 5.41) is 19.8. The highest BCUT2D eigenvalue weighted by molar-refractivity contribution is 5.89. The molecule has 1 aromatic carbocycles. The van der Waals surface area contributed by atoms with Gasteiger partial charge >= 0.3 is 5.97 Å². The molecule has 0 amide bonds. The zero-order valence-corrected chi connectivity index (χ0v) is 9.57. The van der Waals surface area contributed by atoms with Crippen LogP contribution in [0.3, 0.4) is 0 Å². The summed E-state index contributed by atoms with van der Waals surface area (Å²) in [7, 11) is 0. The Kier molecular flexibility index (Phi) is 3.15. The fourth-order valence-electron chi connectivity index (χ4n) is 2.08. The Morgan fingerprint density at radius 3 is 2.78 bits per heavy atom. The minimum atomic E-state index is -1.18. The Bertz CT molecular complexity index is 503. The fraction of sp³-hybridized carbons (Fsp3) is 0.364. The van der Waals surface area contributed by atoms with E-state index in [1.165, 1.54) is 12.1 Å². The highest BCUT2D eigenvalue weighted by Crippen LogP contribution is 2.31. The summed E-state index contributed by atoms with van der Waals surface area (Å²) in [4.78, 5) is 23.0. The van der Waals surface area contributed by atoms with E-state index in [9.17, 15) is 14.9 Å². The van der Waals surface area contributed by atoms with Gasteiger partial charge in [0.2, 0.25) is 0 Å². The van der Waals surface area contributed by atoms with Crippen molar-refractivity contribution in [2.24, 2.45) is 5.73 Å². The number of nitrogens with two attached hydrogens (primary N) is 1. The van der Waals surface area contributed by atoms with Gasteiger partial charge in [-0.15, -0.1) is 0 Å². The van der Waals surface area contributed by atoms with Gasteiger partial charge in [0.25, 0.3) is 5.69 Å². The van der Waals surface area contributed by atoms with Crippen LogP contribution in [-0.2, 0) is 0 Å². The van der Waals surface area contributed by atoms with Gasteiger partial charge in [-0.1, -0.05) is 0 Å². The van der Waals surface area contributed by atoms with Crippen LogP contribution in [-0.4, -0.2) is 35.1 Å². The van der Waals surface area contributed by atoms with E-state index in [1.54, 1.807) is 0 Å². The number of nitro benzene ring substituents is 1. The van der Waals surface area contributed by atoms with Gasteiger partial charge in [-0.3, -0.25) is 10.1 Å². The van der Waals surface area contributed by atoms with Crippen LogP contribution in [0.5, 0.6) is 0 Å². The average Bonchev–Trinajstić information content (AvgIpc) is 2.74. The highest BCUT2D eigenvalue weighted by atomic mass is 16.6. The van der Waals surface area contributed by atoms with Gasteiger partial charge in [0.1, 0.15) is 5.69 Å². The molecule has 2 rings (SSSR count). The molecule has 7 nitrogen and oxygen atoms in total. The number of nitrogens with zero attached hydrogens (tertiary/aromatic N) is 2. The van der Waals surface area contributed by atoms with Crippen LogP contribution in [0.2, 0.25) is 0 Å². The standard InChI is InChI=1S/C11H13N3O4/c12-8-3-4-13(6-8)9-2-1-7(11(15)16)5-10(9)14(17)18/h1-2,5,8H,3-4,6,12H2,(H,15,16). The van der Waals surface area contributed by atoms with Crippen LogP contribution in [0.1, 0.15) is 16.8 Å². The van der Waals surface area contributed by atoms with Crippen molar-refractivity contribution in [3.8, 4) is 0 Å². The van der Waals surface area contributed by atoms with E-state index in [2.05, 4.69) is 0 Å². The molecule has 0 radical (unpaired) electrons. The maximum absolute atomic E-state index is 11.0. The van der Waals surface area contributed by atoms with E-state index in [-0.39, 0.29) is 17.3 Å². The van der Waals surface area contributed by atoms with Gasteiger partial charge in [0.15, 0.2) is 0 Å². The molecule has 1 unspecified atom stereocenters. The van der Waals surface area contributed by atoms with Crippen molar-refractivity contribution in [1.82, 2.24) is 0 Å². The van der Waals surface area contributed by atoms with Crippen molar-refractivity contribution in [3.05, 3.63) is 33.9 Å². The van der Waals surface area contributed by atoms with Gasteiger partial charge in [0.05, 0.1) is 10.5 Å². The quantitative estimate of drug-likeness (QED) is 0.608. The normalized spacial score (nSPS) is 18.9. The monoisotopic (exact) mass is 251 g/mol. The summed E-state index contributed by atoms with van der Waals surface area (Å²) in [5.74, 6) is -1.18. The summed E-state index contributed by atoms with van der Waals surface area (Å²) in [6, 6.07) is 3.93. The minimum absolute atomic E-state index is 0.00348. The molecule has 1 atom stereocenters. The molecule has 0 spiro atoms. The number of anilines is 1. The predicted octanol–water partition coefficient (Wildman–Crippen LogP) is 0.830. The van der Waals surface area contributed by atoms with Crippen LogP contribution in [0, 0.1) is 10.1 Å². The third-order valence-electron chi connectivity index (χ3n) is 2.98. The van der Waals surface area contributed by atoms with E-state index in [0.29, 0.717) is 18.8 Å². The molecule has 18 heavy (non-hydrogen) atoms. The maximum Gasteiger partial charge on any atom is 0.335 e. The van der Waals surface area contributed by atoms with Gasteiger partial charge in [-0.2, -0.15) is 0 Å². The number of carboxylic acids is 1. The number of aromatic carboxylic acids is 1. The third kappa shape index (κ3) is 2.25. The predicted molar refractivity (Wildman–Crippen MR) is 64.9 cm³/mol. The molecule has 0 aromatic heterocycles. The lowest BCUT2D eigenvalue weighted by Crippen LogP contribution is -2.26. The lowest BCUT2D eigenvalue weighted by atomic mass is 10.1. The Morgan fingerprint density at radius 1 is 1.56 bits per heavy atom. The SMILES string of the molecule is NC1CCN(c2ccc(C(=O)O)cc2[N+](=O)[O-])C1. The molecular formula is C11H13N3O4. The van der Waals surface area contributed by atoms with E-state index < -0.39 is 10.9 Å². The van der Waals surface area contributed by atoms with Crippen molar-refractivity contribution in [2.75, 3.05) is 18.0 Å². The van der Waals surface area contributed by atoms with Crippen LogP contribution >= 0.6 is 0 Å². The third-order valence-corrected chi connectivity index (χ3v) is 2.98. The van der Waals surface area contributed by atoms with E-state index in [1.807, 2.05) is 4.90 Å². The molecule has 3 N–H and O–H groups in total. The van der Waals surface area contributed by atoms with E-state index in [4.69, 9.17) is 10.8 Å². The first-order chi connectivity index (χ1) is 8.49. The summed E-state index contributed by atoms with van der Waals surface area (Å²) >= 11 is 0. The number of carbonyl (C=O) groups is 1. The molecule has 1 aliphatic rings. The maximum atomic E-state index is 11.0. The van der Waals surface area contributed by atoms with Crippen molar-refractivity contribution >= 4 is 17.3 Å². The number of carboxylic acid groups (broad SMARTS) is 1. The molecular weight excluding hydrogens is 238 g/mol. The second-order valence-corrected chi connectivity index (χ2v) is 4.26. The van der Waals surface area contributed by atoms with Crippen LogP contribution in [0.25, 0.3) is 0 Å². The van der Waals surface area contributed by atoms with Gasteiger partial charge in [-0.05, 0) is 18.6 Å². The van der Waals surface area contributed by atoms with Crippen molar-refractivity contribution < 1.29 is 14.8 Å². The van der Waals surface area contributed by atoms with Crippen molar-refractivity contribution in [2.45, 2.75) is 12.5 Å². The first-order valence-corrected chi connectivity index (χ1v) is 5.51. The topological polar surface area (TPSA) is 110 Å². The zero-order valence-electron chi connectivity index (χ0n) is 9.57. The first-order valence-electron chi connectivity index (χ1n) is 5.51. The molecule has 1 heterocycles. The number of hydrogen-bond acceptors (Lipinski definition) is 5. The molecule has 0 bridgehead atoms. The lowest BCUT2D eigenvalue weighted by Gasteiger charge is -2.18. The van der Waals surface area contributed by atoms with Crippen LogP contribution in [0.4, 0.5) is 11.4 Å². The van der Waals surface area contributed by atoms with Gasteiger partial charge in [-0.25, -0.2) is 4.79 Å². The fourth-order valence-corrected chi connectivity index (χ4v) is 2.08. The number of hydrogen-bond donors (Lipinski definition) is 2. The molecule has 0 saturated carbocycles. The molecule has 1 fully saturated rings. The minimum Gasteiger partial charge on any atom is -0.478 e. The Morgan fingerprint density at radius 2 is 2.28 bits per heavy atom. The average molecular weight is 251 g/mol. The van der Waals surface area contributed by atoms with Crippen LogP contribution < -0.4 is 10.6 Å². The molecule has 96 valence electrons. The van der Waals surface area contributed by atoms with Gasteiger partial charge in [0, 0.05) is 25.2 Å². The Balaban J connectivity index is 2.41. The number of benzene rings is 1. The molecule has 1 aliphatic heterocycles. The Hall–Kier alpha value is -2.15. The summed E-state index contributed by atoms with van der Waals surface area (Å²) in [6.07, 6.45) is 0.776. The second kappa shape index (κ2) is 4.61. The van der Waals surface area contributed by atoms with Crippen molar-refractivity contribution in [1.29, 1.82) is 0 Å². The van der Waals surface area contributed by atoms with Crippen LogP contribution in [0.15, 0.2) is 18.2 Å². The van der Waals surface area contributed by atoms with E-state index in [0.717, 1.165) is 12.5 Å². The lowest BCUT2D eigenvalue weighted by molar-refractivity contribution is -0.384. The Labute approximate surface area is 103 Å². The highest BCUT2D eigenvalue weighted by Gasteiger charge is 2.26. The largest absolute Gasteiger partial charge is 0.478 e. The molecule has 0 aliphatic carbocycles. The molecule has 7 heteroatoms. The first kappa shape index (κ1) is 12.3. The van der Waals surface area contributed by atoms with Gasteiger partial charge < -0.3 is 15.7 Å².